The van der Waals surface area contributed by atoms with Crippen LogP contribution >= 0.6 is 95.6 Å². The molecule has 1 aliphatic heterocycles. The molecule has 0 bridgehead atoms. The summed E-state index contributed by atoms with van der Waals surface area (Å²) in [5.74, 6) is -5.66. The largest absolute Gasteiger partial charge is 0.491 e. The summed E-state index contributed by atoms with van der Waals surface area (Å²) in [5.41, 5.74) is 2.15. The number of amides is 9. The average Bonchev–Trinajstić information content (AvgIpc) is 1.72. The molecular formula is C92H127Br6F5N10O21. The van der Waals surface area contributed by atoms with Gasteiger partial charge < -0.3 is 105 Å². The van der Waals surface area contributed by atoms with Crippen molar-refractivity contribution in [3.05, 3.63) is 165 Å². The molecule has 42 heteroatoms. The van der Waals surface area contributed by atoms with E-state index in [1.165, 1.54) is 105 Å². The number of nitrogen functional groups attached to an aromatic ring is 1. The Kier molecular flexibility index (Phi) is 51.0. The fourth-order valence-electron chi connectivity index (χ4n) is 9.92. The van der Waals surface area contributed by atoms with Gasteiger partial charge in [0.1, 0.15) is 75.4 Å². The Balaban J connectivity index is 0.000000797. The highest BCUT2D eigenvalue weighted by molar-refractivity contribution is 9.11. The van der Waals surface area contributed by atoms with Crippen LogP contribution < -0.4 is 56.7 Å². The third-order valence-electron chi connectivity index (χ3n) is 16.4. The number of halogens is 11. The number of carbonyl (C=O) groups excluding carboxylic acids is 9. The van der Waals surface area contributed by atoms with Crippen molar-refractivity contribution in [3.63, 3.8) is 0 Å². The van der Waals surface area contributed by atoms with Gasteiger partial charge in [0.05, 0.1) is 102 Å². The maximum Gasteiger partial charge on any atom is 0.408 e. The second-order valence-corrected chi connectivity index (χ2v) is 42.1. The molecule has 0 spiro atoms. The molecule has 748 valence electrons. The van der Waals surface area contributed by atoms with Crippen LogP contribution in [-0.4, -0.2) is 206 Å². The maximum absolute atomic E-state index is 14.1. The quantitative estimate of drug-likeness (QED) is 0.0184. The second kappa shape index (κ2) is 55.5. The zero-order chi connectivity index (χ0) is 104. The molecule has 7 rings (SSSR count). The lowest BCUT2D eigenvalue weighted by Crippen LogP contribution is -2.52. The molecule has 0 aromatic heterocycles. The Morgan fingerprint density at radius 1 is 0.440 bits per heavy atom. The Labute approximate surface area is 831 Å². The number of hydrogen-bond acceptors (Lipinski definition) is 21. The van der Waals surface area contributed by atoms with Crippen LogP contribution in [0.3, 0.4) is 0 Å². The topological polar surface area (TPSA) is 404 Å². The molecule has 6 atom stereocenters. The van der Waals surface area contributed by atoms with E-state index in [1.54, 1.807) is 135 Å². The number of aliphatic hydroxyl groups is 2. The third-order valence-corrected chi connectivity index (χ3v) is 19.3. The Bertz CT molecular complexity index is 4910. The number of alkyl carbamates (subject to hydrolysis) is 4. The summed E-state index contributed by atoms with van der Waals surface area (Å²) < 4.78 is 115. The lowest BCUT2D eigenvalue weighted by Gasteiger charge is -2.29. The number of hydrogen-bond donors (Lipinski definition) is 9. The van der Waals surface area contributed by atoms with Gasteiger partial charge in [0.25, 0.3) is 11.8 Å². The number of benzene rings is 6. The van der Waals surface area contributed by atoms with Gasteiger partial charge in [-0.25, -0.2) is 45.9 Å². The molecule has 31 nitrogen and oxygen atoms in total. The van der Waals surface area contributed by atoms with Gasteiger partial charge in [-0.3, -0.25) is 24.0 Å². The van der Waals surface area contributed by atoms with Crippen LogP contribution in [0.2, 0.25) is 0 Å². The zero-order valence-corrected chi connectivity index (χ0v) is 89.8. The predicted molar refractivity (Wildman–Crippen MR) is 527 cm³/mol. The van der Waals surface area contributed by atoms with Crippen molar-refractivity contribution in [2.24, 2.45) is 11.8 Å². The summed E-state index contributed by atoms with van der Waals surface area (Å²) in [6, 6.07) is 22.6. The van der Waals surface area contributed by atoms with Crippen molar-refractivity contribution in [3.8, 4) is 5.75 Å². The van der Waals surface area contributed by atoms with Gasteiger partial charge in [-0.15, -0.1) is 0 Å². The van der Waals surface area contributed by atoms with Crippen LogP contribution in [0.25, 0.3) is 0 Å². The number of likely N-dealkylation sites (N-methyl/N-ethyl adjacent to an activating group) is 2. The molecule has 9 amide bonds. The fourth-order valence-corrected chi connectivity index (χ4v) is 12.1. The summed E-state index contributed by atoms with van der Waals surface area (Å²) in [4.78, 5) is 125. The summed E-state index contributed by atoms with van der Waals surface area (Å²) in [6.07, 6.45) is -3.12. The molecular weight excluding hydrogens is 2160 g/mol. The van der Waals surface area contributed by atoms with Gasteiger partial charge in [-0.2, -0.15) is 0 Å². The molecule has 6 aromatic carbocycles. The third kappa shape index (κ3) is 49.8. The Hall–Kier alpha value is -8.85. The number of anilines is 6. The number of aliphatic hydroxyl groups excluding tert-OH is 2. The van der Waals surface area contributed by atoms with Crippen LogP contribution in [0.5, 0.6) is 5.75 Å². The number of nitrogens with zero attached hydrogens (tertiary/aromatic N) is 4. The van der Waals surface area contributed by atoms with E-state index in [-0.39, 0.29) is 78.4 Å². The highest BCUT2D eigenvalue weighted by Gasteiger charge is 2.35. The molecule has 10 N–H and O–H groups in total. The first-order valence-electron chi connectivity index (χ1n) is 41.4. The van der Waals surface area contributed by atoms with Crippen LogP contribution in [-0.2, 0) is 61.9 Å². The first-order valence-corrected chi connectivity index (χ1v) is 46.1. The number of carbonyl (C=O) groups is 10. The summed E-state index contributed by atoms with van der Waals surface area (Å²) in [5, 5.41) is 39.2. The monoisotopic (exact) mass is 2280 g/mol. The number of aliphatic carboxylic acids is 1. The number of nitrogens with two attached hydrogens (primary N) is 1. The summed E-state index contributed by atoms with van der Waals surface area (Å²) in [6.45, 7) is 39.5. The average molecular weight is 2280 g/mol. The highest BCUT2D eigenvalue weighted by Crippen LogP contribution is 2.35. The lowest BCUT2D eigenvalue weighted by molar-refractivity contribution is -0.142. The van der Waals surface area contributed by atoms with Gasteiger partial charge in [-0.05, 0) is 255 Å². The second-order valence-electron chi connectivity index (χ2n) is 36.6. The first kappa shape index (κ1) is 123. The maximum atomic E-state index is 14.1. The smallest absolute Gasteiger partial charge is 0.408 e. The number of nitrogens with one attached hydrogen (secondary N) is 5. The molecule has 6 aromatic rings. The zero-order valence-electron chi connectivity index (χ0n) is 80.3. The standard InChI is InChI=1S/C19H28BrFN2O4.C18H26BrFN2O4.C15H20BrFN2O4.C12H23NO5.C11H13BrFNO2.C11H12BrNO2.C6H5BrFN/c1-18(2,3)26-11-14(22-17(25)27-19(4,5)6)16(24)23(7)15-10-12(20)8-9-13(15)21;1-17(2,3)25-10-14(22-16(24)26-18(4,5)6)15(23)21-13-9-11(19)7-8-12(13)20;1-15(2,3)23-14(22)18-11(8-20)13(21)19(4)12-7-9(16)5-6-10(12)17;1-11(2,3)17-7-8(9(14)15)13-10(16)18-12(4,5)6;1-7(6-15)11(16)14(2)10-5-8(12)3-4-9(10)13;1-7-6-15-10-4-3-8(12)5-9(10)13(2)11(7)14;7-4-1-2-5(8)6(9)3-4/h8-10,14H,11H2,1-7H3,(H,22,25);7-9,14H,10H2,1-6H3,(H,21,23)(H,22,24);5-7,11,20H,8H2,1-4H3,(H,18,22);8H,7H2,1-6H3,(H,13,16)(H,14,15);3-5,7,15H,6H2,1-2H3;3-5,7H,6H2,1-2H3;1-3H,9H2/t2*14-;11-;8-;2*7-;/m000000./s1. The van der Waals surface area contributed by atoms with Gasteiger partial charge in [0.15, 0.2) is 6.04 Å². The van der Waals surface area contributed by atoms with E-state index in [2.05, 4.69) is 122 Å². The van der Waals surface area contributed by atoms with Gasteiger partial charge >= 0.3 is 30.3 Å². The van der Waals surface area contributed by atoms with Crippen LogP contribution in [0.15, 0.2) is 136 Å². The van der Waals surface area contributed by atoms with Crippen molar-refractivity contribution in [2.45, 2.75) is 223 Å². The van der Waals surface area contributed by atoms with Crippen LogP contribution in [0, 0.1) is 40.9 Å². The minimum absolute atomic E-state index is 0.00359. The highest BCUT2D eigenvalue weighted by atomic mass is 79.9. The van der Waals surface area contributed by atoms with Crippen molar-refractivity contribution in [1.29, 1.82) is 0 Å². The SMILES string of the molecule is CC(C)(C)OC[C@H](NC(=O)OC(C)(C)C)C(=O)Nc1cc(Br)ccc1F.CC(C)(C)OC[C@H](NC(=O)OC(C)(C)C)C(=O)O.CN(C(=O)[C@H](CO)NC(=O)OC(C)(C)C)c1cc(Br)ccc1F.CN(C(=O)[C@H](COC(C)(C)C)NC(=O)OC(C)(C)C)c1cc(Br)ccc1F.C[C@@H](CO)C(=O)N(C)c1cc(Br)ccc1F.C[C@H]1COc2ccc(Br)cc2N(C)C1=O.Nc1cc(Br)ccc1F. The minimum atomic E-state index is -1.24. The van der Waals surface area contributed by atoms with E-state index in [0.29, 0.717) is 24.5 Å². The van der Waals surface area contributed by atoms with E-state index < -0.39 is 147 Å². The van der Waals surface area contributed by atoms with E-state index >= 15 is 0 Å². The Morgan fingerprint density at radius 3 is 1.10 bits per heavy atom. The molecule has 134 heavy (non-hydrogen) atoms. The fraction of sp³-hybridized carbons (Fsp3) is 0.500. The molecule has 0 unspecified atom stereocenters. The van der Waals surface area contributed by atoms with E-state index in [4.69, 9.17) is 53.8 Å². The van der Waals surface area contributed by atoms with Crippen molar-refractivity contribution >= 4 is 190 Å². The lowest BCUT2D eigenvalue weighted by atomic mass is 10.1. The number of ether oxygens (including phenoxy) is 8. The molecule has 1 heterocycles. The Morgan fingerprint density at radius 2 is 0.746 bits per heavy atom. The summed E-state index contributed by atoms with van der Waals surface area (Å²) >= 11 is 19.4. The number of fused-ring (bicyclic) bond motifs is 1. The van der Waals surface area contributed by atoms with Crippen LogP contribution in [0.4, 0.5) is 75.3 Å². The van der Waals surface area contributed by atoms with E-state index in [1.807, 2.05) is 66.7 Å². The molecule has 0 fully saturated rings. The molecule has 0 radical (unpaired) electrons. The first-order chi connectivity index (χ1) is 61.2. The molecule has 0 saturated heterocycles. The predicted octanol–water partition coefficient (Wildman–Crippen LogP) is 19.5. The minimum Gasteiger partial charge on any atom is -0.491 e. The molecule has 0 saturated carbocycles. The van der Waals surface area contributed by atoms with Gasteiger partial charge in [0, 0.05) is 55.0 Å². The number of rotatable bonds is 21. The molecule has 0 aliphatic carbocycles. The van der Waals surface area contributed by atoms with Gasteiger partial charge in [-0.1, -0.05) is 109 Å². The van der Waals surface area contributed by atoms with E-state index in [9.17, 15) is 75.0 Å². The normalized spacial score (nSPS) is 13.6. The summed E-state index contributed by atoms with van der Waals surface area (Å²) in [7, 11) is 6.05. The van der Waals surface area contributed by atoms with Crippen molar-refractivity contribution in [2.75, 3.05) is 98.5 Å². The number of carboxylic acid groups (broad SMARTS) is 1. The van der Waals surface area contributed by atoms with E-state index in [0.717, 1.165) is 30.2 Å². The van der Waals surface area contributed by atoms with Crippen molar-refractivity contribution in [1.82, 2.24) is 21.3 Å². The van der Waals surface area contributed by atoms with Gasteiger partial charge in [0.2, 0.25) is 17.7 Å². The molecule has 1 aliphatic rings. The van der Waals surface area contributed by atoms with Crippen LogP contribution in [0.1, 0.15) is 159 Å². The van der Waals surface area contributed by atoms with Crippen molar-refractivity contribution < 1.29 is 123 Å². The number of carboxylic acids is 1.